The van der Waals surface area contributed by atoms with E-state index < -0.39 is 17.5 Å². The van der Waals surface area contributed by atoms with E-state index in [0.29, 0.717) is 33.5 Å². The maximum atomic E-state index is 13.8. The maximum absolute atomic E-state index is 13.8. The van der Waals surface area contributed by atoms with Crippen molar-refractivity contribution in [2.45, 2.75) is 37.8 Å². The Morgan fingerprint density at radius 3 is 2.35 bits per heavy atom. The van der Waals surface area contributed by atoms with Gasteiger partial charge in [-0.1, -0.05) is 45.6 Å². The Balaban J connectivity index is 1.68. The molecule has 11 heteroatoms. The summed E-state index contributed by atoms with van der Waals surface area (Å²) in [6.07, 6.45) is -4.16. The first-order chi connectivity index (χ1) is 16.1. The van der Waals surface area contributed by atoms with Crippen LogP contribution < -0.4 is 0 Å². The molecule has 5 nitrogen and oxygen atoms in total. The second kappa shape index (κ2) is 8.39. The zero-order valence-electron chi connectivity index (χ0n) is 17.6. The zero-order chi connectivity index (χ0) is 24.3. The summed E-state index contributed by atoms with van der Waals surface area (Å²) in [5, 5.41) is 8.57. The van der Waals surface area contributed by atoms with E-state index in [0.717, 1.165) is 10.2 Å². The van der Waals surface area contributed by atoms with Crippen molar-refractivity contribution < 1.29 is 17.6 Å². The first-order valence-corrected chi connectivity index (χ1v) is 11.9. The van der Waals surface area contributed by atoms with Gasteiger partial charge in [-0.2, -0.15) is 13.2 Å². The molecule has 2 aromatic carbocycles. The van der Waals surface area contributed by atoms with Gasteiger partial charge in [-0.3, -0.25) is 4.57 Å². The maximum Gasteiger partial charge on any atom is 0.403 e. The van der Waals surface area contributed by atoms with Crippen molar-refractivity contribution in [1.82, 2.24) is 19.7 Å². The number of nitrogens with zero attached hydrogens (tertiary/aromatic N) is 4. The molecule has 34 heavy (non-hydrogen) atoms. The number of hydrogen-bond acceptors (Lipinski definition) is 4. The molecule has 0 radical (unpaired) electrons. The van der Waals surface area contributed by atoms with Gasteiger partial charge in [0.05, 0.1) is 10.7 Å². The minimum absolute atomic E-state index is 0.0733. The Hall–Kier alpha value is -2.36. The molecule has 4 aromatic rings. The van der Waals surface area contributed by atoms with E-state index in [1.54, 1.807) is 25.1 Å². The lowest BCUT2D eigenvalue weighted by atomic mass is 9.68. The van der Waals surface area contributed by atoms with Gasteiger partial charge in [-0.25, -0.2) is 4.98 Å². The summed E-state index contributed by atoms with van der Waals surface area (Å²) in [4.78, 5) is 4.69. The minimum atomic E-state index is -4.47. The van der Waals surface area contributed by atoms with E-state index in [2.05, 4.69) is 31.1 Å². The summed E-state index contributed by atoms with van der Waals surface area (Å²) in [6, 6.07) is 12.5. The molecule has 0 aliphatic heterocycles. The molecular formula is C23H16BrCl2F3N4O. The van der Waals surface area contributed by atoms with E-state index in [1.165, 1.54) is 0 Å². The second-order valence-electron chi connectivity index (χ2n) is 8.15. The van der Waals surface area contributed by atoms with Crippen LogP contribution in [0.15, 0.2) is 51.4 Å². The van der Waals surface area contributed by atoms with Crippen LogP contribution in [0.4, 0.5) is 13.2 Å². The molecule has 0 bridgehead atoms. The van der Waals surface area contributed by atoms with Crippen molar-refractivity contribution in [2.75, 3.05) is 0 Å². The van der Waals surface area contributed by atoms with Gasteiger partial charge in [0.25, 0.3) is 5.89 Å². The average molecular weight is 572 g/mol. The Morgan fingerprint density at radius 2 is 1.76 bits per heavy atom. The lowest BCUT2D eigenvalue weighted by Gasteiger charge is -2.39. The van der Waals surface area contributed by atoms with Crippen LogP contribution in [0.2, 0.25) is 10.0 Å². The van der Waals surface area contributed by atoms with Crippen LogP contribution in [0.5, 0.6) is 0 Å². The van der Waals surface area contributed by atoms with E-state index in [1.807, 2.05) is 28.8 Å². The van der Waals surface area contributed by atoms with Crippen LogP contribution in [0.25, 0.3) is 28.7 Å². The smallest absolute Gasteiger partial charge is 0.403 e. The van der Waals surface area contributed by atoms with Crippen LogP contribution in [-0.2, 0) is 5.41 Å². The normalized spacial score (nSPS) is 15.4. The quantitative estimate of drug-likeness (QED) is 0.249. The number of benzene rings is 2. The highest BCUT2D eigenvalue weighted by atomic mass is 79.9. The van der Waals surface area contributed by atoms with Crippen molar-refractivity contribution in [3.63, 3.8) is 0 Å². The SMILES string of the molecule is Cc1c(-c2nnc(C3(C(F)(F)F)CCC3)o2)nc(-c2ccc(Cl)cc2Cl)n1-c1ccc(Br)cc1. The highest BCUT2D eigenvalue weighted by Crippen LogP contribution is 2.54. The summed E-state index contributed by atoms with van der Waals surface area (Å²) >= 11 is 16.0. The van der Waals surface area contributed by atoms with Crippen LogP contribution in [0.3, 0.4) is 0 Å². The number of hydrogen-bond donors (Lipinski definition) is 0. The standard InChI is InChI=1S/C23H16BrCl2F3N4O/c1-12-18(20-31-32-21(34-20)22(9-2-10-22)23(27,28)29)30-19(16-8-5-14(25)11-17(16)26)33(12)15-6-3-13(24)4-7-15/h3-8,11H,2,9-10H2,1H3. The van der Waals surface area contributed by atoms with Gasteiger partial charge in [-0.05, 0) is 62.2 Å². The molecule has 1 aliphatic rings. The first kappa shape index (κ1) is 23.4. The molecule has 0 N–H and O–H groups in total. The molecule has 1 aliphatic carbocycles. The van der Waals surface area contributed by atoms with Crippen molar-refractivity contribution in [2.24, 2.45) is 0 Å². The molecule has 0 unspecified atom stereocenters. The Bertz CT molecular complexity index is 1380. The van der Waals surface area contributed by atoms with Crippen molar-refractivity contribution >= 4 is 39.1 Å². The van der Waals surface area contributed by atoms with E-state index in [9.17, 15) is 13.2 Å². The molecular weight excluding hydrogens is 556 g/mol. The van der Waals surface area contributed by atoms with Crippen LogP contribution in [0, 0.1) is 6.92 Å². The predicted molar refractivity (Wildman–Crippen MR) is 126 cm³/mol. The molecule has 1 fully saturated rings. The molecule has 1 saturated carbocycles. The van der Waals surface area contributed by atoms with E-state index >= 15 is 0 Å². The van der Waals surface area contributed by atoms with Gasteiger partial charge < -0.3 is 4.42 Å². The molecule has 0 atom stereocenters. The fourth-order valence-corrected chi connectivity index (χ4v) is 4.88. The fraction of sp³-hybridized carbons (Fsp3) is 0.261. The predicted octanol–water partition coefficient (Wildman–Crippen LogP) is 7.95. The summed E-state index contributed by atoms with van der Waals surface area (Å²) in [7, 11) is 0. The van der Waals surface area contributed by atoms with E-state index in [4.69, 9.17) is 27.6 Å². The first-order valence-electron chi connectivity index (χ1n) is 10.3. The Morgan fingerprint density at radius 1 is 1.06 bits per heavy atom. The van der Waals surface area contributed by atoms with Gasteiger partial charge in [-0.15, -0.1) is 10.2 Å². The number of halogens is 6. The van der Waals surface area contributed by atoms with Crippen molar-refractivity contribution in [3.8, 4) is 28.7 Å². The largest absolute Gasteiger partial charge is 0.418 e. The molecule has 176 valence electrons. The summed E-state index contributed by atoms with van der Waals surface area (Å²) in [6.45, 7) is 1.78. The topological polar surface area (TPSA) is 56.7 Å². The van der Waals surface area contributed by atoms with Crippen LogP contribution in [-0.4, -0.2) is 25.9 Å². The minimum Gasteiger partial charge on any atom is -0.418 e. The van der Waals surface area contributed by atoms with Crippen molar-refractivity contribution in [1.29, 1.82) is 0 Å². The molecule has 0 saturated heterocycles. The second-order valence-corrected chi connectivity index (χ2v) is 9.91. The number of imidazole rings is 1. The lowest BCUT2D eigenvalue weighted by molar-refractivity contribution is -0.219. The van der Waals surface area contributed by atoms with Crippen LogP contribution in [0.1, 0.15) is 30.8 Å². The zero-order valence-corrected chi connectivity index (χ0v) is 20.7. The van der Waals surface area contributed by atoms with Gasteiger partial charge in [0.15, 0.2) is 0 Å². The monoisotopic (exact) mass is 570 g/mol. The highest BCUT2D eigenvalue weighted by molar-refractivity contribution is 9.10. The summed E-state index contributed by atoms with van der Waals surface area (Å²) in [5.74, 6) is -0.0412. The van der Waals surface area contributed by atoms with Crippen molar-refractivity contribution in [3.05, 3.63) is 68.6 Å². The van der Waals surface area contributed by atoms with Gasteiger partial charge in [0.1, 0.15) is 16.9 Å². The molecule has 5 rings (SSSR count). The number of rotatable bonds is 4. The lowest BCUT2D eigenvalue weighted by Crippen LogP contribution is -2.48. The van der Waals surface area contributed by atoms with Gasteiger partial charge in [0.2, 0.25) is 5.89 Å². The number of aromatic nitrogens is 4. The molecule has 2 heterocycles. The molecule has 0 spiro atoms. The fourth-order valence-electron chi connectivity index (χ4n) is 4.12. The highest BCUT2D eigenvalue weighted by Gasteiger charge is 2.63. The van der Waals surface area contributed by atoms with Gasteiger partial charge >= 0.3 is 6.18 Å². The third-order valence-corrected chi connectivity index (χ3v) is 7.23. The number of alkyl halides is 3. The summed E-state index contributed by atoms with van der Waals surface area (Å²) < 4.78 is 49.7. The third-order valence-electron chi connectivity index (χ3n) is 6.15. The average Bonchev–Trinajstić information content (AvgIpc) is 3.32. The van der Waals surface area contributed by atoms with Crippen LogP contribution >= 0.6 is 39.1 Å². The molecule has 2 aromatic heterocycles. The third kappa shape index (κ3) is 3.74. The van der Waals surface area contributed by atoms with Gasteiger partial charge in [0, 0.05) is 20.7 Å². The van der Waals surface area contributed by atoms with E-state index in [-0.39, 0.29) is 24.4 Å². The Kier molecular flexibility index (Phi) is 5.77. The summed E-state index contributed by atoms with van der Waals surface area (Å²) in [5.41, 5.74) is 0.148. The molecule has 0 amide bonds. The Labute approximate surface area is 211 Å².